The summed E-state index contributed by atoms with van der Waals surface area (Å²) in [5, 5.41) is 8.15. The summed E-state index contributed by atoms with van der Waals surface area (Å²) in [4.78, 5) is 2.99. The van der Waals surface area contributed by atoms with Crippen molar-refractivity contribution in [2.24, 2.45) is 0 Å². The predicted molar refractivity (Wildman–Crippen MR) is 28.9 cm³/mol. The zero-order valence-corrected chi connectivity index (χ0v) is 4.81. The Balaban J connectivity index is 3.20. The summed E-state index contributed by atoms with van der Waals surface area (Å²) in [5.74, 6) is -2.28. The lowest BCUT2D eigenvalue weighted by atomic mass is 10.4. The lowest BCUT2D eigenvalue weighted by Crippen LogP contribution is -1.91. The maximum atomic E-state index is 12.1. The standard InChI is InChI=1S/C6H2F2N2/c7-5-2-1-4(3-9)10-6(5)8/h1-2H. The predicted octanol–water partition coefficient (Wildman–Crippen LogP) is 1.23. The normalized spacial score (nSPS) is 8.90. The van der Waals surface area contributed by atoms with Gasteiger partial charge < -0.3 is 0 Å². The van der Waals surface area contributed by atoms with Gasteiger partial charge in [0.15, 0.2) is 5.82 Å². The molecule has 0 saturated heterocycles. The Bertz CT molecular complexity index is 290. The highest BCUT2D eigenvalue weighted by Crippen LogP contribution is 2.01. The molecule has 0 radical (unpaired) electrons. The number of nitriles is 1. The molecule has 0 atom stereocenters. The Labute approximate surface area is 55.7 Å². The molecule has 2 nitrogen and oxygen atoms in total. The fourth-order valence-corrected chi connectivity index (χ4v) is 0.480. The summed E-state index contributed by atoms with van der Waals surface area (Å²) in [6, 6.07) is 3.55. The molecule has 0 aliphatic heterocycles. The van der Waals surface area contributed by atoms with Crippen LogP contribution in [0.5, 0.6) is 0 Å². The van der Waals surface area contributed by atoms with Crippen LogP contribution in [0.2, 0.25) is 0 Å². The van der Waals surface area contributed by atoms with Crippen molar-refractivity contribution < 1.29 is 8.78 Å². The molecule has 4 heteroatoms. The van der Waals surface area contributed by atoms with Crippen LogP contribution in [0.15, 0.2) is 12.1 Å². The van der Waals surface area contributed by atoms with Crippen molar-refractivity contribution in [3.63, 3.8) is 0 Å². The van der Waals surface area contributed by atoms with Gasteiger partial charge in [-0.3, -0.25) is 0 Å². The minimum atomic E-state index is -1.24. The third-order valence-electron chi connectivity index (χ3n) is 0.918. The SMILES string of the molecule is N#Cc1ccc(F)c(F)n1. The number of nitrogens with zero attached hydrogens (tertiary/aromatic N) is 2. The van der Waals surface area contributed by atoms with Gasteiger partial charge in [-0.15, -0.1) is 0 Å². The van der Waals surface area contributed by atoms with Gasteiger partial charge in [0.2, 0.25) is 5.95 Å². The first kappa shape index (κ1) is 6.62. The van der Waals surface area contributed by atoms with E-state index in [1.54, 1.807) is 6.07 Å². The second-order valence-corrected chi connectivity index (χ2v) is 1.58. The van der Waals surface area contributed by atoms with E-state index >= 15 is 0 Å². The maximum Gasteiger partial charge on any atom is 0.250 e. The number of aromatic nitrogens is 1. The van der Waals surface area contributed by atoms with Gasteiger partial charge in [0.05, 0.1) is 0 Å². The zero-order valence-electron chi connectivity index (χ0n) is 4.81. The van der Waals surface area contributed by atoms with E-state index in [9.17, 15) is 8.78 Å². The second kappa shape index (κ2) is 2.40. The van der Waals surface area contributed by atoms with Crippen molar-refractivity contribution in [1.82, 2.24) is 4.98 Å². The van der Waals surface area contributed by atoms with Crippen molar-refractivity contribution in [3.8, 4) is 6.07 Å². The topological polar surface area (TPSA) is 36.7 Å². The quantitative estimate of drug-likeness (QED) is 0.508. The number of halogens is 2. The number of pyridine rings is 1. The van der Waals surface area contributed by atoms with E-state index in [0.29, 0.717) is 0 Å². The Morgan fingerprint density at radius 3 is 2.60 bits per heavy atom. The van der Waals surface area contributed by atoms with Crippen LogP contribution in [0, 0.1) is 23.1 Å². The molecule has 0 unspecified atom stereocenters. The molecule has 1 rings (SSSR count). The van der Waals surface area contributed by atoms with Gasteiger partial charge in [0.25, 0.3) is 0 Å². The van der Waals surface area contributed by atoms with Gasteiger partial charge in [-0.2, -0.15) is 9.65 Å². The molecule has 1 aromatic rings. The van der Waals surface area contributed by atoms with E-state index < -0.39 is 11.8 Å². The van der Waals surface area contributed by atoms with Crippen LogP contribution in [-0.2, 0) is 0 Å². The van der Waals surface area contributed by atoms with E-state index in [4.69, 9.17) is 5.26 Å². The fraction of sp³-hybridized carbons (Fsp3) is 0. The molecule has 1 aromatic heterocycles. The average Bonchev–Trinajstić information content (AvgIpc) is 1.95. The van der Waals surface area contributed by atoms with Crippen molar-refractivity contribution >= 4 is 0 Å². The third-order valence-corrected chi connectivity index (χ3v) is 0.918. The summed E-state index contributed by atoms with van der Waals surface area (Å²) in [6.07, 6.45) is 0. The van der Waals surface area contributed by atoms with Crippen LogP contribution in [0.1, 0.15) is 5.69 Å². The molecule has 0 saturated carbocycles. The summed E-state index contributed by atoms with van der Waals surface area (Å²) < 4.78 is 24.2. The van der Waals surface area contributed by atoms with E-state index in [-0.39, 0.29) is 5.69 Å². The summed E-state index contributed by atoms with van der Waals surface area (Å²) in [7, 11) is 0. The first-order valence-corrected chi connectivity index (χ1v) is 2.46. The van der Waals surface area contributed by atoms with Gasteiger partial charge in [0, 0.05) is 0 Å². The van der Waals surface area contributed by atoms with Crippen LogP contribution in [0.4, 0.5) is 8.78 Å². The van der Waals surface area contributed by atoms with Crippen LogP contribution < -0.4 is 0 Å². The first-order chi connectivity index (χ1) is 4.74. The molecule has 0 N–H and O–H groups in total. The van der Waals surface area contributed by atoms with Crippen LogP contribution in [0.25, 0.3) is 0 Å². The van der Waals surface area contributed by atoms with Gasteiger partial charge in [-0.25, -0.2) is 9.37 Å². The number of rotatable bonds is 0. The summed E-state index contributed by atoms with van der Waals surface area (Å²) in [5.41, 5.74) is -0.126. The third kappa shape index (κ3) is 1.08. The molecular weight excluding hydrogens is 138 g/mol. The lowest BCUT2D eigenvalue weighted by Gasteiger charge is -1.88. The van der Waals surface area contributed by atoms with E-state index in [1.165, 1.54) is 0 Å². The highest BCUT2D eigenvalue weighted by molar-refractivity contribution is 5.19. The maximum absolute atomic E-state index is 12.1. The zero-order chi connectivity index (χ0) is 7.56. The van der Waals surface area contributed by atoms with Crippen molar-refractivity contribution in [2.75, 3.05) is 0 Å². The molecule has 0 bridgehead atoms. The van der Waals surface area contributed by atoms with Crippen molar-refractivity contribution in [3.05, 3.63) is 29.6 Å². The van der Waals surface area contributed by atoms with E-state index in [1.807, 2.05) is 0 Å². The Kier molecular flexibility index (Phi) is 1.59. The molecule has 0 fully saturated rings. The average molecular weight is 140 g/mol. The van der Waals surface area contributed by atoms with Gasteiger partial charge in [-0.05, 0) is 12.1 Å². The molecule has 1 heterocycles. The molecule has 0 amide bonds. The van der Waals surface area contributed by atoms with E-state index in [0.717, 1.165) is 12.1 Å². The Morgan fingerprint density at radius 2 is 2.10 bits per heavy atom. The molecule has 0 aromatic carbocycles. The van der Waals surface area contributed by atoms with Gasteiger partial charge >= 0.3 is 0 Å². The van der Waals surface area contributed by atoms with Gasteiger partial charge in [0.1, 0.15) is 11.8 Å². The van der Waals surface area contributed by atoms with Crippen LogP contribution in [-0.4, -0.2) is 4.98 Å². The smallest absolute Gasteiger partial charge is 0.206 e. The molecular formula is C6H2F2N2. The monoisotopic (exact) mass is 140 g/mol. The van der Waals surface area contributed by atoms with Crippen LogP contribution >= 0.6 is 0 Å². The molecule has 0 aliphatic carbocycles. The first-order valence-electron chi connectivity index (χ1n) is 2.46. The molecule has 10 heavy (non-hydrogen) atoms. The summed E-state index contributed by atoms with van der Waals surface area (Å²) >= 11 is 0. The Morgan fingerprint density at radius 1 is 1.40 bits per heavy atom. The van der Waals surface area contributed by atoms with Crippen molar-refractivity contribution in [1.29, 1.82) is 5.26 Å². The second-order valence-electron chi connectivity index (χ2n) is 1.58. The minimum absolute atomic E-state index is 0.126. The van der Waals surface area contributed by atoms with Gasteiger partial charge in [-0.1, -0.05) is 0 Å². The number of hydrogen-bond acceptors (Lipinski definition) is 2. The lowest BCUT2D eigenvalue weighted by molar-refractivity contribution is 0.478. The van der Waals surface area contributed by atoms with Crippen LogP contribution in [0.3, 0.4) is 0 Å². The highest BCUT2D eigenvalue weighted by atomic mass is 19.2. The Hall–Kier alpha value is -1.50. The fourth-order valence-electron chi connectivity index (χ4n) is 0.480. The minimum Gasteiger partial charge on any atom is -0.206 e. The molecule has 50 valence electrons. The largest absolute Gasteiger partial charge is 0.250 e. The molecule has 0 spiro atoms. The highest BCUT2D eigenvalue weighted by Gasteiger charge is 2.01. The summed E-state index contributed by atoms with van der Waals surface area (Å²) in [6.45, 7) is 0. The van der Waals surface area contributed by atoms with E-state index in [2.05, 4.69) is 4.98 Å². The van der Waals surface area contributed by atoms with Crippen molar-refractivity contribution in [2.45, 2.75) is 0 Å². The number of hydrogen-bond donors (Lipinski definition) is 0. The molecule has 0 aliphatic rings.